The fourth-order valence-corrected chi connectivity index (χ4v) is 3.00. The third-order valence-electron chi connectivity index (χ3n) is 4.32. The van der Waals surface area contributed by atoms with Crippen LogP contribution in [0.3, 0.4) is 0 Å². The van der Waals surface area contributed by atoms with Crippen molar-refractivity contribution < 1.29 is 4.79 Å². The van der Waals surface area contributed by atoms with Gasteiger partial charge in [-0.1, -0.05) is 6.92 Å². The Morgan fingerprint density at radius 3 is 2.50 bits per heavy atom. The standard InChI is InChI=1S/C18H29N3O.2ClH/c1-3-12-21(4-2)17-9-7-16(8-10-17)18(22)20-14-15-6-5-11-19-13-15;;/h7-10,15,19H,3-6,11-14H2,1-2H3,(H,20,22);2*1H. The lowest BCUT2D eigenvalue weighted by molar-refractivity contribution is 0.0945. The van der Waals surface area contributed by atoms with E-state index in [2.05, 4.69) is 41.5 Å². The predicted molar refractivity (Wildman–Crippen MR) is 107 cm³/mol. The zero-order valence-corrected chi connectivity index (χ0v) is 16.3. The number of nitrogens with one attached hydrogen (secondary N) is 2. The predicted octanol–water partition coefficient (Wildman–Crippen LogP) is 3.50. The Balaban J connectivity index is 0.00000264. The lowest BCUT2D eigenvalue weighted by Gasteiger charge is -2.23. The highest BCUT2D eigenvalue weighted by Crippen LogP contribution is 2.16. The molecule has 0 radical (unpaired) electrons. The van der Waals surface area contributed by atoms with Crippen molar-refractivity contribution in [2.24, 2.45) is 5.92 Å². The van der Waals surface area contributed by atoms with Crippen LogP contribution < -0.4 is 15.5 Å². The number of rotatable bonds is 7. The van der Waals surface area contributed by atoms with Gasteiger partial charge in [-0.25, -0.2) is 0 Å². The van der Waals surface area contributed by atoms with Gasteiger partial charge in [-0.3, -0.25) is 4.79 Å². The molecule has 1 aromatic carbocycles. The molecule has 0 spiro atoms. The van der Waals surface area contributed by atoms with Gasteiger partial charge < -0.3 is 15.5 Å². The van der Waals surface area contributed by atoms with Crippen LogP contribution in [0, 0.1) is 5.92 Å². The van der Waals surface area contributed by atoms with Gasteiger partial charge in [0.1, 0.15) is 0 Å². The summed E-state index contributed by atoms with van der Waals surface area (Å²) in [5.41, 5.74) is 1.94. The van der Waals surface area contributed by atoms with Crippen LogP contribution in [0.15, 0.2) is 24.3 Å². The summed E-state index contributed by atoms with van der Waals surface area (Å²) >= 11 is 0. The minimum Gasteiger partial charge on any atom is -0.372 e. The fourth-order valence-electron chi connectivity index (χ4n) is 3.00. The van der Waals surface area contributed by atoms with Crippen LogP contribution in [0.5, 0.6) is 0 Å². The number of amides is 1. The second-order valence-electron chi connectivity index (χ2n) is 6.05. The third-order valence-corrected chi connectivity index (χ3v) is 4.32. The minimum atomic E-state index is 0. The normalized spacial score (nSPS) is 16.5. The van der Waals surface area contributed by atoms with E-state index in [1.165, 1.54) is 18.5 Å². The monoisotopic (exact) mass is 375 g/mol. The van der Waals surface area contributed by atoms with E-state index >= 15 is 0 Å². The van der Waals surface area contributed by atoms with Gasteiger partial charge in [-0.05, 0) is 69.5 Å². The van der Waals surface area contributed by atoms with Crippen LogP contribution in [-0.4, -0.2) is 38.6 Å². The smallest absolute Gasteiger partial charge is 0.251 e. The van der Waals surface area contributed by atoms with Gasteiger partial charge in [-0.15, -0.1) is 24.8 Å². The van der Waals surface area contributed by atoms with Crippen LogP contribution in [-0.2, 0) is 0 Å². The molecular weight excluding hydrogens is 345 g/mol. The molecule has 0 aromatic heterocycles. The van der Waals surface area contributed by atoms with E-state index in [9.17, 15) is 4.79 Å². The molecular formula is C18H31Cl2N3O. The van der Waals surface area contributed by atoms with Crippen LogP contribution >= 0.6 is 24.8 Å². The number of piperidine rings is 1. The van der Waals surface area contributed by atoms with Crippen LogP contribution in [0.25, 0.3) is 0 Å². The van der Waals surface area contributed by atoms with E-state index in [0.717, 1.165) is 44.7 Å². The second kappa shape index (κ2) is 12.4. The SMILES string of the molecule is CCCN(CC)c1ccc(C(=O)NCC2CCCNC2)cc1.Cl.Cl. The lowest BCUT2D eigenvalue weighted by Crippen LogP contribution is -2.38. The first-order valence-corrected chi connectivity index (χ1v) is 8.58. The number of anilines is 1. The van der Waals surface area contributed by atoms with Crippen molar-refractivity contribution in [3.8, 4) is 0 Å². The first-order valence-electron chi connectivity index (χ1n) is 8.58. The van der Waals surface area contributed by atoms with Crippen molar-refractivity contribution in [1.29, 1.82) is 0 Å². The molecule has 24 heavy (non-hydrogen) atoms. The number of hydrogen-bond acceptors (Lipinski definition) is 3. The molecule has 0 aliphatic carbocycles. The van der Waals surface area contributed by atoms with Gasteiger partial charge in [0.05, 0.1) is 0 Å². The average molecular weight is 376 g/mol. The van der Waals surface area contributed by atoms with E-state index in [0.29, 0.717) is 5.92 Å². The molecule has 1 fully saturated rings. The van der Waals surface area contributed by atoms with Gasteiger partial charge in [-0.2, -0.15) is 0 Å². The van der Waals surface area contributed by atoms with Crippen LogP contribution in [0.2, 0.25) is 0 Å². The van der Waals surface area contributed by atoms with Gasteiger partial charge in [0, 0.05) is 30.9 Å². The number of carbonyl (C=O) groups excluding carboxylic acids is 1. The summed E-state index contributed by atoms with van der Waals surface area (Å²) in [6, 6.07) is 7.97. The Bertz CT molecular complexity index is 462. The molecule has 1 saturated heterocycles. The van der Waals surface area contributed by atoms with Crippen molar-refractivity contribution in [3.63, 3.8) is 0 Å². The maximum atomic E-state index is 12.2. The molecule has 2 rings (SSSR count). The highest BCUT2D eigenvalue weighted by molar-refractivity contribution is 5.94. The minimum absolute atomic E-state index is 0. The van der Waals surface area contributed by atoms with E-state index in [1.807, 2.05) is 12.1 Å². The number of benzene rings is 1. The Kier molecular flexibility index (Phi) is 11.9. The van der Waals surface area contributed by atoms with E-state index in [-0.39, 0.29) is 30.7 Å². The van der Waals surface area contributed by atoms with Gasteiger partial charge in [0.15, 0.2) is 0 Å². The molecule has 1 aliphatic heterocycles. The molecule has 0 bridgehead atoms. The first-order chi connectivity index (χ1) is 10.7. The molecule has 1 aliphatic rings. The lowest BCUT2D eigenvalue weighted by atomic mass is 9.99. The maximum absolute atomic E-state index is 12.2. The van der Waals surface area contributed by atoms with E-state index in [4.69, 9.17) is 0 Å². The Hall–Kier alpha value is -0.970. The van der Waals surface area contributed by atoms with Crippen LogP contribution in [0.4, 0.5) is 5.69 Å². The Morgan fingerprint density at radius 1 is 1.25 bits per heavy atom. The molecule has 1 heterocycles. The molecule has 1 atom stereocenters. The third kappa shape index (κ3) is 6.88. The Morgan fingerprint density at radius 2 is 1.96 bits per heavy atom. The molecule has 0 saturated carbocycles. The summed E-state index contributed by atoms with van der Waals surface area (Å²) in [5.74, 6) is 0.604. The molecule has 1 unspecified atom stereocenters. The van der Waals surface area contributed by atoms with E-state index < -0.39 is 0 Å². The van der Waals surface area contributed by atoms with Crippen molar-refractivity contribution in [1.82, 2.24) is 10.6 Å². The summed E-state index contributed by atoms with van der Waals surface area (Å²) in [6.07, 6.45) is 3.54. The van der Waals surface area contributed by atoms with Crippen molar-refractivity contribution in [2.75, 3.05) is 37.6 Å². The van der Waals surface area contributed by atoms with Gasteiger partial charge in [0.2, 0.25) is 0 Å². The van der Waals surface area contributed by atoms with Crippen molar-refractivity contribution in [3.05, 3.63) is 29.8 Å². The molecule has 4 nitrogen and oxygen atoms in total. The molecule has 138 valence electrons. The summed E-state index contributed by atoms with van der Waals surface area (Å²) in [7, 11) is 0. The van der Waals surface area contributed by atoms with E-state index in [1.54, 1.807) is 0 Å². The first kappa shape index (κ1) is 23.0. The fraction of sp³-hybridized carbons (Fsp3) is 0.611. The number of hydrogen-bond donors (Lipinski definition) is 2. The molecule has 2 N–H and O–H groups in total. The highest BCUT2D eigenvalue weighted by atomic mass is 35.5. The summed E-state index contributed by atoms with van der Waals surface area (Å²) in [5, 5.41) is 6.44. The molecule has 1 amide bonds. The quantitative estimate of drug-likeness (QED) is 0.766. The van der Waals surface area contributed by atoms with Crippen molar-refractivity contribution >= 4 is 36.4 Å². The summed E-state index contributed by atoms with van der Waals surface area (Å²) in [6.45, 7) is 9.29. The number of carbonyl (C=O) groups is 1. The van der Waals surface area contributed by atoms with Crippen LogP contribution in [0.1, 0.15) is 43.5 Å². The summed E-state index contributed by atoms with van der Waals surface area (Å²) in [4.78, 5) is 14.5. The second-order valence-corrected chi connectivity index (χ2v) is 6.05. The number of halogens is 2. The zero-order chi connectivity index (χ0) is 15.8. The maximum Gasteiger partial charge on any atom is 0.251 e. The highest BCUT2D eigenvalue weighted by Gasteiger charge is 2.14. The van der Waals surface area contributed by atoms with Crippen molar-refractivity contribution in [2.45, 2.75) is 33.1 Å². The molecule has 1 aromatic rings. The zero-order valence-electron chi connectivity index (χ0n) is 14.7. The summed E-state index contributed by atoms with van der Waals surface area (Å²) < 4.78 is 0. The largest absolute Gasteiger partial charge is 0.372 e. The average Bonchev–Trinajstić information content (AvgIpc) is 2.58. The molecule has 6 heteroatoms. The Labute approximate surface area is 158 Å². The number of nitrogens with zero attached hydrogens (tertiary/aromatic N) is 1. The topological polar surface area (TPSA) is 44.4 Å². The van der Waals surface area contributed by atoms with Gasteiger partial charge >= 0.3 is 0 Å². The van der Waals surface area contributed by atoms with Gasteiger partial charge in [0.25, 0.3) is 5.91 Å².